The first-order valence-corrected chi connectivity index (χ1v) is 13.0. The number of thiazole rings is 1. The molecule has 2 atom stereocenters. The van der Waals surface area contributed by atoms with Crippen LogP contribution in [0.4, 0.5) is 11.4 Å². The van der Waals surface area contributed by atoms with E-state index in [0.29, 0.717) is 34.3 Å². The summed E-state index contributed by atoms with van der Waals surface area (Å²) in [5.74, 6) is 0.362. The summed E-state index contributed by atoms with van der Waals surface area (Å²) in [7, 11) is 0. The number of benzene rings is 1. The first kappa shape index (κ1) is 27.7. The zero-order valence-electron chi connectivity index (χ0n) is 21.2. The second-order valence-electron chi connectivity index (χ2n) is 9.21. The quantitative estimate of drug-likeness (QED) is 0.440. The van der Waals surface area contributed by atoms with Gasteiger partial charge in [0.05, 0.1) is 12.6 Å². The molecule has 3 rings (SSSR count). The molecule has 11 heteroatoms. The molecule has 1 aliphatic rings. The second-order valence-corrected chi connectivity index (χ2v) is 10.2. The van der Waals surface area contributed by atoms with Gasteiger partial charge in [0.25, 0.3) is 11.5 Å². The smallest absolute Gasteiger partial charge is 0.270 e. The summed E-state index contributed by atoms with van der Waals surface area (Å²) >= 11 is 1.01. The van der Waals surface area contributed by atoms with E-state index in [0.717, 1.165) is 24.4 Å². The maximum absolute atomic E-state index is 12.9. The Morgan fingerprint density at radius 2 is 1.89 bits per heavy atom. The van der Waals surface area contributed by atoms with E-state index >= 15 is 0 Å². The number of hydrogen-bond acceptors (Lipinski definition) is 8. The number of amides is 2. The van der Waals surface area contributed by atoms with Crippen molar-refractivity contribution < 1.29 is 9.59 Å². The van der Waals surface area contributed by atoms with Crippen molar-refractivity contribution in [3.05, 3.63) is 43.8 Å². The molecule has 2 amide bonds. The van der Waals surface area contributed by atoms with Gasteiger partial charge in [0, 0.05) is 37.2 Å². The number of nitrogens with zero attached hydrogens (tertiary/aromatic N) is 4. The Morgan fingerprint density at radius 3 is 2.54 bits per heavy atom. The highest BCUT2D eigenvalue weighted by atomic mass is 32.1. The topological polar surface area (TPSA) is 143 Å². The normalized spacial score (nSPS) is 18.9. The Morgan fingerprint density at radius 1 is 1.19 bits per heavy atom. The van der Waals surface area contributed by atoms with Gasteiger partial charge in [-0.3, -0.25) is 23.9 Å². The van der Waals surface area contributed by atoms with Crippen molar-refractivity contribution in [3.63, 3.8) is 0 Å². The first-order chi connectivity index (χ1) is 17.7. The third kappa shape index (κ3) is 7.29. The third-order valence-electron chi connectivity index (χ3n) is 5.93. The maximum atomic E-state index is 12.9. The number of piperidine rings is 1. The number of anilines is 2. The molecule has 1 aromatic heterocycles. The molecule has 0 saturated carbocycles. The molecule has 1 aliphatic heterocycles. The molecular formula is C26H31N7O3S. The lowest BCUT2D eigenvalue weighted by molar-refractivity contribution is -0.118. The second kappa shape index (κ2) is 12.9. The molecule has 0 spiro atoms. The largest absolute Gasteiger partial charge is 0.360 e. The minimum atomic E-state index is -0.705. The fourth-order valence-corrected chi connectivity index (χ4v) is 5.64. The van der Waals surface area contributed by atoms with E-state index in [1.807, 2.05) is 6.07 Å². The van der Waals surface area contributed by atoms with E-state index in [4.69, 9.17) is 5.26 Å². The Hall–Kier alpha value is -3.93. The SMILES string of the molecule is CCn1c(=C(C#N)C(=O)NCC#N)sc(=CNc2cccc(NC(=O)CN3CC(C)CC(C)C3)c2)c1=O. The summed E-state index contributed by atoms with van der Waals surface area (Å²) in [6, 6.07) is 10.8. The Kier molecular flexibility index (Phi) is 9.61. The monoisotopic (exact) mass is 521 g/mol. The molecule has 1 saturated heterocycles. The minimum absolute atomic E-state index is 0.0783. The molecule has 194 valence electrons. The number of nitriles is 2. The number of carbonyl (C=O) groups excluding carboxylic acids is 2. The summed E-state index contributed by atoms with van der Waals surface area (Å²) in [5, 5.41) is 26.5. The molecule has 37 heavy (non-hydrogen) atoms. The van der Waals surface area contributed by atoms with Crippen molar-refractivity contribution >= 4 is 46.3 Å². The van der Waals surface area contributed by atoms with E-state index in [2.05, 4.69) is 34.7 Å². The highest BCUT2D eigenvalue weighted by molar-refractivity contribution is 7.07. The minimum Gasteiger partial charge on any atom is -0.360 e. The van der Waals surface area contributed by atoms with Gasteiger partial charge in [-0.1, -0.05) is 19.9 Å². The van der Waals surface area contributed by atoms with Crippen LogP contribution in [0.15, 0.2) is 29.1 Å². The predicted molar refractivity (Wildman–Crippen MR) is 144 cm³/mol. The Balaban J connectivity index is 1.78. The standard InChI is InChI=1S/C26H31N7O3S/c1-4-33-25(36)22(37-26(33)21(12-28)24(35)29-9-8-27)13-30-19-6-5-7-20(11-19)31-23(34)16-32-14-17(2)10-18(3)15-32/h5-7,11,13,17-18,30H,4,9-10,14-16H2,1-3H3,(H,29,35)(H,31,34). The number of hydrogen-bond donors (Lipinski definition) is 3. The summed E-state index contributed by atoms with van der Waals surface area (Å²) in [6.45, 7) is 8.36. The van der Waals surface area contributed by atoms with Crippen molar-refractivity contribution in [2.75, 3.05) is 36.8 Å². The van der Waals surface area contributed by atoms with Crippen molar-refractivity contribution in [3.8, 4) is 12.1 Å². The van der Waals surface area contributed by atoms with Crippen LogP contribution in [0.3, 0.4) is 0 Å². The Bertz CT molecular complexity index is 1400. The van der Waals surface area contributed by atoms with Gasteiger partial charge in [-0.15, -0.1) is 11.3 Å². The molecule has 1 fully saturated rings. The molecule has 2 heterocycles. The number of likely N-dealkylation sites (tertiary alicyclic amines) is 1. The molecule has 1 aromatic carbocycles. The lowest BCUT2D eigenvalue weighted by Gasteiger charge is -2.34. The van der Waals surface area contributed by atoms with Gasteiger partial charge < -0.3 is 16.0 Å². The van der Waals surface area contributed by atoms with Crippen LogP contribution in [0.5, 0.6) is 0 Å². The van der Waals surface area contributed by atoms with Gasteiger partial charge in [0.2, 0.25) is 5.91 Å². The highest BCUT2D eigenvalue weighted by Crippen LogP contribution is 2.21. The summed E-state index contributed by atoms with van der Waals surface area (Å²) in [6.07, 6.45) is 2.70. The van der Waals surface area contributed by atoms with Crippen molar-refractivity contribution in [1.29, 1.82) is 10.5 Å². The maximum Gasteiger partial charge on any atom is 0.270 e. The van der Waals surface area contributed by atoms with Crippen LogP contribution in [0.2, 0.25) is 0 Å². The zero-order chi connectivity index (χ0) is 26.9. The van der Waals surface area contributed by atoms with E-state index in [1.165, 1.54) is 17.2 Å². The summed E-state index contributed by atoms with van der Waals surface area (Å²) < 4.78 is 1.88. The lowest BCUT2D eigenvalue weighted by Crippen LogP contribution is -2.42. The van der Waals surface area contributed by atoms with Crippen molar-refractivity contribution in [2.24, 2.45) is 11.8 Å². The van der Waals surface area contributed by atoms with Gasteiger partial charge in [0.15, 0.2) is 5.57 Å². The molecule has 10 nitrogen and oxygen atoms in total. The predicted octanol–water partition coefficient (Wildman–Crippen LogP) is 1.01. The molecule has 0 aliphatic carbocycles. The summed E-state index contributed by atoms with van der Waals surface area (Å²) in [4.78, 5) is 40.0. The average Bonchev–Trinajstić information content (AvgIpc) is 3.16. The van der Waals surface area contributed by atoms with Crippen molar-refractivity contribution in [1.82, 2.24) is 14.8 Å². The van der Waals surface area contributed by atoms with Gasteiger partial charge in [-0.2, -0.15) is 10.5 Å². The van der Waals surface area contributed by atoms with E-state index in [-0.39, 0.29) is 34.8 Å². The van der Waals surface area contributed by atoms with Crippen molar-refractivity contribution in [2.45, 2.75) is 33.7 Å². The van der Waals surface area contributed by atoms with Crippen LogP contribution in [0, 0.1) is 34.5 Å². The number of rotatable bonds is 8. The van der Waals surface area contributed by atoms with Crippen LogP contribution < -0.4 is 30.7 Å². The van der Waals surface area contributed by atoms with E-state index < -0.39 is 5.91 Å². The molecule has 0 bridgehead atoms. The van der Waals surface area contributed by atoms with Crippen LogP contribution in [-0.4, -0.2) is 47.5 Å². The van der Waals surface area contributed by atoms with Crippen LogP contribution >= 0.6 is 11.3 Å². The number of nitrogens with one attached hydrogen (secondary N) is 3. The van der Waals surface area contributed by atoms with Gasteiger partial charge in [-0.05, 0) is 43.4 Å². The third-order valence-corrected chi connectivity index (χ3v) is 7.06. The van der Waals surface area contributed by atoms with Gasteiger partial charge in [-0.25, -0.2) is 0 Å². The average molecular weight is 522 g/mol. The molecule has 2 aromatic rings. The molecule has 2 unspecified atom stereocenters. The number of aromatic nitrogens is 1. The van der Waals surface area contributed by atoms with E-state index in [9.17, 15) is 19.6 Å². The van der Waals surface area contributed by atoms with Gasteiger partial charge in [0.1, 0.15) is 21.8 Å². The fraction of sp³-hybridized carbons (Fsp3) is 0.423. The first-order valence-electron chi connectivity index (χ1n) is 12.1. The Labute approximate surface area is 219 Å². The fourth-order valence-electron chi connectivity index (χ4n) is 4.56. The molecular weight excluding hydrogens is 490 g/mol. The highest BCUT2D eigenvalue weighted by Gasteiger charge is 2.23. The molecule has 0 radical (unpaired) electrons. The number of carbonyl (C=O) groups is 2. The van der Waals surface area contributed by atoms with Crippen LogP contribution in [0.25, 0.3) is 11.8 Å². The van der Waals surface area contributed by atoms with Crippen LogP contribution in [0.1, 0.15) is 27.2 Å². The van der Waals surface area contributed by atoms with E-state index in [1.54, 1.807) is 37.3 Å². The van der Waals surface area contributed by atoms with Crippen LogP contribution in [-0.2, 0) is 16.1 Å². The molecule has 3 N–H and O–H groups in total. The lowest BCUT2D eigenvalue weighted by atomic mass is 9.92. The summed E-state index contributed by atoms with van der Waals surface area (Å²) in [5.41, 5.74) is 0.728. The van der Waals surface area contributed by atoms with Gasteiger partial charge >= 0.3 is 0 Å². The zero-order valence-corrected chi connectivity index (χ0v) is 22.0.